The first kappa shape index (κ1) is 19.2. The van der Waals surface area contributed by atoms with Crippen molar-refractivity contribution in [3.8, 4) is 17.2 Å². The standard InChI is InChI=1S/C22H28N2O3/c1-16-4-8-20(9-5-16)27-21-12-10-19(11-13-21)26-15-22(25)23-14-17(2)24(3)18-6-7-18/h4-5,8-13,17-18H,6-7,14-15H2,1-3H3,(H,23,25). The fourth-order valence-corrected chi connectivity index (χ4v) is 2.79. The van der Waals surface area contributed by atoms with Crippen LogP contribution in [0.5, 0.6) is 17.2 Å². The van der Waals surface area contributed by atoms with Crippen molar-refractivity contribution in [3.05, 3.63) is 54.1 Å². The van der Waals surface area contributed by atoms with Gasteiger partial charge < -0.3 is 14.8 Å². The summed E-state index contributed by atoms with van der Waals surface area (Å²) in [6.07, 6.45) is 2.53. The molecule has 1 aliphatic rings. The first-order chi connectivity index (χ1) is 13.0. The van der Waals surface area contributed by atoms with Gasteiger partial charge in [0, 0.05) is 18.6 Å². The predicted octanol–water partition coefficient (Wildman–Crippen LogP) is 3.77. The number of carbonyl (C=O) groups is 1. The third kappa shape index (κ3) is 6.00. The van der Waals surface area contributed by atoms with Gasteiger partial charge in [-0.2, -0.15) is 0 Å². The van der Waals surface area contributed by atoms with Gasteiger partial charge in [0.05, 0.1) is 0 Å². The molecule has 0 spiro atoms. The van der Waals surface area contributed by atoms with Crippen molar-refractivity contribution in [2.24, 2.45) is 0 Å². The number of rotatable bonds is 9. The van der Waals surface area contributed by atoms with Crippen molar-refractivity contribution >= 4 is 5.91 Å². The first-order valence-corrected chi connectivity index (χ1v) is 9.47. The van der Waals surface area contributed by atoms with E-state index in [1.165, 1.54) is 18.4 Å². The minimum Gasteiger partial charge on any atom is -0.484 e. The van der Waals surface area contributed by atoms with Gasteiger partial charge in [0.25, 0.3) is 5.91 Å². The number of nitrogens with one attached hydrogen (secondary N) is 1. The van der Waals surface area contributed by atoms with Crippen LogP contribution in [0.3, 0.4) is 0 Å². The van der Waals surface area contributed by atoms with E-state index in [2.05, 4.69) is 24.2 Å². The fraction of sp³-hybridized carbons (Fsp3) is 0.409. The van der Waals surface area contributed by atoms with Crippen LogP contribution in [0.1, 0.15) is 25.3 Å². The van der Waals surface area contributed by atoms with Crippen molar-refractivity contribution in [3.63, 3.8) is 0 Å². The first-order valence-electron chi connectivity index (χ1n) is 9.47. The number of aryl methyl sites for hydroxylation is 1. The smallest absolute Gasteiger partial charge is 0.257 e. The van der Waals surface area contributed by atoms with Gasteiger partial charge in [-0.05, 0) is 70.1 Å². The van der Waals surface area contributed by atoms with E-state index in [9.17, 15) is 4.79 Å². The Morgan fingerprint density at radius 1 is 1.07 bits per heavy atom. The van der Waals surface area contributed by atoms with Crippen LogP contribution >= 0.6 is 0 Å². The second kappa shape index (κ2) is 8.91. The molecule has 0 aliphatic heterocycles. The molecule has 3 rings (SSSR count). The molecular formula is C22H28N2O3. The van der Waals surface area contributed by atoms with E-state index in [1.807, 2.05) is 43.3 Å². The highest BCUT2D eigenvalue weighted by atomic mass is 16.5. The maximum Gasteiger partial charge on any atom is 0.257 e. The number of hydrogen-bond acceptors (Lipinski definition) is 4. The van der Waals surface area contributed by atoms with Gasteiger partial charge in [-0.1, -0.05) is 17.7 Å². The lowest BCUT2D eigenvalue weighted by Crippen LogP contribution is -2.42. The Balaban J connectivity index is 1.40. The molecule has 1 amide bonds. The summed E-state index contributed by atoms with van der Waals surface area (Å²) >= 11 is 0. The zero-order valence-corrected chi connectivity index (χ0v) is 16.3. The second-order valence-electron chi connectivity index (χ2n) is 7.22. The third-order valence-electron chi connectivity index (χ3n) is 4.86. The number of likely N-dealkylation sites (N-methyl/N-ethyl adjacent to an activating group) is 1. The molecule has 0 bridgehead atoms. The van der Waals surface area contributed by atoms with Crippen LogP contribution in [0.4, 0.5) is 0 Å². The molecule has 0 saturated heterocycles. The molecule has 0 aromatic heterocycles. The molecule has 144 valence electrons. The minimum absolute atomic E-state index is 0.0119. The number of benzene rings is 2. The fourth-order valence-electron chi connectivity index (χ4n) is 2.79. The summed E-state index contributed by atoms with van der Waals surface area (Å²) in [5.41, 5.74) is 1.19. The zero-order valence-electron chi connectivity index (χ0n) is 16.3. The van der Waals surface area contributed by atoms with Crippen molar-refractivity contribution in [2.75, 3.05) is 20.2 Å². The summed E-state index contributed by atoms with van der Waals surface area (Å²) in [5, 5.41) is 2.93. The van der Waals surface area contributed by atoms with Crippen LogP contribution in [0.15, 0.2) is 48.5 Å². The number of hydrogen-bond donors (Lipinski definition) is 1. The van der Waals surface area contributed by atoms with Gasteiger partial charge in [-0.25, -0.2) is 0 Å². The third-order valence-corrected chi connectivity index (χ3v) is 4.86. The number of amides is 1. The molecular weight excluding hydrogens is 340 g/mol. The highest BCUT2D eigenvalue weighted by molar-refractivity contribution is 5.77. The van der Waals surface area contributed by atoms with E-state index < -0.39 is 0 Å². The summed E-state index contributed by atoms with van der Waals surface area (Å²) in [5.74, 6) is 2.06. The van der Waals surface area contributed by atoms with Crippen molar-refractivity contribution in [1.82, 2.24) is 10.2 Å². The van der Waals surface area contributed by atoms with Crippen LogP contribution in [0, 0.1) is 6.92 Å². The van der Waals surface area contributed by atoms with Gasteiger partial charge in [-0.3, -0.25) is 9.69 Å². The Labute approximate surface area is 161 Å². The minimum atomic E-state index is -0.106. The maximum absolute atomic E-state index is 12.0. The van der Waals surface area contributed by atoms with Crippen LogP contribution in [-0.2, 0) is 4.79 Å². The van der Waals surface area contributed by atoms with E-state index in [4.69, 9.17) is 9.47 Å². The topological polar surface area (TPSA) is 50.8 Å². The Morgan fingerprint density at radius 2 is 1.63 bits per heavy atom. The zero-order chi connectivity index (χ0) is 19.2. The summed E-state index contributed by atoms with van der Waals surface area (Å²) in [6, 6.07) is 16.2. The van der Waals surface area contributed by atoms with Gasteiger partial charge in [-0.15, -0.1) is 0 Å². The second-order valence-corrected chi connectivity index (χ2v) is 7.22. The van der Waals surface area contributed by atoms with Gasteiger partial charge >= 0.3 is 0 Å². The number of nitrogens with zero attached hydrogens (tertiary/aromatic N) is 1. The summed E-state index contributed by atoms with van der Waals surface area (Å²) in [7, 11) is 2.12. The van der Waals surface area contributed by atoms with Crippen LogP contribution in [-0.4, -0.2) is 43.1 Å². The molecule has 0 radical (unpaired) electrons. The molecule has 1 saturated carbocycles. The monoisotopic (exact) mass is 368 g/mol. The van der Waals surface area contributed by atoms with Gasteiger partial charge in [0.15, 0.2) is 6.61 Å². The molecule has 1 unspecified atom stereocenters. The molecule has 5 heteroatoms. The summed E-state index contributed by atoms with van der Waals surface area (Å²) < 4.78 is 11.3. The van der Waals surface area contributed by atoms with Crippen molar-refractivity contribution < 1.29 is 14.3 Å². The van der Waals surface area contributed by atoms with Gasteiger partial charge in [0.2, 0.25) is 0 Å². The molecule has 27 heavy (non-hydrogen) atoms. The average molecular weight is 368 g/mol. The summed E-state index contributed by atoms with van der Waals surface area (Å²) in [4.78, 5) is 14.3. The van der Waals surface area contributed by atoms with E-state index in [1.54, 1.807) is 12.1 Å². The molecule has 1 fully saturated rings. The Hall–Kier alpha value is -2.53. The predicted molar refractivity (Wildman–Crippen MR) is 106 cm³/mol. The van der Waals surface area contributed by atoms with E-state index in [0.29, 0.717) is 24.4 Å². The molecule has 2 aromatic rings. The SMILES string of the molecule is Cc1ccc(Oc2ccc(OCC(=O)NCC(C)N(C)C3CC3)cc2)cc1. The van der Waals surface area contributed by atoms with E-state index in [0.717, 1.165) is 11.5 Å². The summed E-state index contributed by atoms with van der Waals surface area (Å²) in [6.45, 7) is 4.82. The lowest BCUT2D eigenvalue weighted by atomic mass is 10.2. The number of ether oxygens (including phenoxy) is 2. The van der Waals surface area contributed by atoms with Crippen molar-refractivity contribution in [1.29, 1.82) is 0 Å². The highest BCUT2D eigenvalue weighted by Gasteiger charge is 2.29. The van der Waals surface area contributed by atoms with Crippen molar-refractivity contribution in [2.45, 2.75) is 38.8 Å². The van der Waals surface area contributed by atoms with Crippen LogP contribution in [0.2, 0.25) is 0 Å². The molecule has 2 aromatic carbocycles. The van der Waals surface area contributed by atoms with E-state index >= 15 is 0 Å². The number of carbonyl (C=O) groups excluding carboxylic acids is 1. The Bertz CT molecular complexity index is 739. The Morgan fingerprint density at radius 3 is 2.22 bits per heavy atom. The Kier molecular flexibility index (Phi) is 6.35. The highest BCUT2D eigenvalue weighted by Crippen LogP contribution is 2.26. The molecule has 1 atom stereocenters. The largest absolute Gasteiger partial charge is 0.484 e. The van der Waals surface area contributed by atoms with E-state index in [-0.39, 0.29) is 12.5 Å². The lowest BCUT2D eigenvalue weighted by molar-refractivity contribution is -0.123. The van der Waals surface area contributed by atoms with Crippen LogP contribution in [0.25, 0.3) is 0 Å². The molecule has 0 heterocycles. The molecule has 1 aliphatic carbocycles. The lowest BCUT2D eigenvalue weighted by Gasteiger charge is -2.24. The van der Waals surface area contributed by atoms with Gasteiger partial charge in [0.1, 0.15) is 17.2 Å². The molecule has 1 N–H and O–H groups in total. The van der Waals surface area contributed by atoms with Crippen LogP contribution < -0.4 is 14.8 Å². The quantitative estimate of drug-likeness (QED) is 0.732. The average Bonchev–Trinajstić information content (AvgIpc) is 3.52. The maximum atomic E-state index is 12.0. The molecule has 5 nitrogen and oxygen atoms in total. The normalized spacial score (nSPS) is 14.7.